The average molecular weight is 349 g/mol. The second-order valence-corrected chi connectivity index (χ2v) is 6.04. The number of likely N-dealkylation sites (N-methyl/N-ethyl adjacent to an activating group) is 1. The van der Waals surface area contributed by atoms with Crippen molar-refractivity contribution in [3.63, 3.8) is 0 Å². The van der Waals surface area contributed by atoms with Crippen LogP contribution in [0.25, 0.3) is 0 Å². The number of hydrogen-bond acceptors (Lipinski definition) is 3. The Bertz CT molecular complexity index is 674. The highest BCUT2D eigenvalue weighted by molar-refractivity contribution is 5.99. The maximum absolute atomic E-state index is 13.8. The molecule has 25 heavy (non-hydrogen) atoms. The minimum atomic E-state index is -0.607. The van der Waals surface area contributed by atoms with Crippen molar-refractivity contribution in [2.45, 2.75) is 39.7 Å². The van der Waals surface area contributed by atoms with E-state index in [2.05, 4.69) is 5.32 Å². The molecule has 0 bridgehead atoms. The van der Waals surface area contributed by atoms with E-state index in [9.17, 15) is 18.8 Å². The molecular formula is C18H24FN3O3. The van der Waals surface area contributed by atoms with Crippen LogP contribution in [0.1, 0.15) is 44.0 Å². The zero-order chi connectivity index (χ0) is 18.6. The Kier molecular flexibility index (Phi) is 6.12. The Labute approximate surface area is 147 Å². The SMILES string of the molecule is CCN(CC)C(=O)[C@H]1CCCN1C(=O)c1ccc(F)c(NC(C)=O)c1. The molecular weight excluding hydrogens is 325 g/mol. The molecule has 3 amide bonds. The fourth-order valence-corrected chi connectivity index (χ4v) is 3.12. The topological polar surface area (TPSA) is 69.7 Å². The summed E-state index contributed by atoms with van der Waals surface area (Å²) in [6.45, 7) is 6.76. The molecule has 1 saturated heterocycles. The molecule has 0 unspecified atom stereocenters. The maximum Gasteiger partial charge on any atom is 0.254 e. The molecule has 1 aliphatic rings. The molecule has 0 saturated carbocycles. The van der Waals surface area contributed by atoms with E-state index in [1.165, 1.54) is 19.1 Å². The van der Waals surface area contributed by atoms with Crippen LogP contribution in [-0.2, 0) is 9.59 Å². The van der Waals surface area contributed by atoms with Gasteiger partial charge in [0.25, 0.3) is 5.91 Å². The van der Waals surface area contributed by atoms with Crippen LogP contribution in [0.2, 0.25) is 0 Å². The van der Waals surface area contributed by atoms with Gasteiger partial charge in [0.2, 0.25) is 11.8 Å². The lowest BCUT2D eigenvalue weighted by molar-refractivity contribution is -0.134. The van der Waals surface area contributed by atoms with E-state index in [1.54, 1.807) is 9.80 Å². The van der Waals surface area contributed by atoms with Gasteiger partial charge in [0.05, 0.1) is 5.69 Å². The summed E-state index contributed by atoms with van der Waals surface area (Å²) >= 11 is 0. The minimum absolute atomic E-state index is 0.0378. The maximum atomic E-state index is 13.8. The molecule has 1 aromatic carbocycles. The Morgan fingerprint density at radius 3 is 2.56 bits per heavy atom. The summed E-state index contributed by atoms with van der Waals surface area (Å²) in [6.07, 6.45) is 1.38. The quantitative estimate of drug-likeness (QED) is 0.886. The van der Waals surface area contributed by atoms with E-state index in [0.717, 1.165) is 12.5 Å². The number of nitrogens with zero attached hydrogens (tertiary/aromatic N) is 2. The van der Waals surface area contributed by atoms with Gasteiger partial charge in [-0.2, -0.15) is 0 Å². The lowest BCUT2D eigenvalue weighted by Gasteiger charge is -2.29. The lowest BCUT2D eigenvalue weighted by Crippen LogP contribution is -2.47. The van der Waals surface area contributed by atoms with Crippen molar-refractivity contribution in [3.05, 3.63) is 29.6 Å². The molecule has 7 heteroatoms. The highest BCUT2D eigenvalue weighted by Gasteiger charge is 2.36. The van der Waals surface area contributed by atoms with E-state index in [-0.39, 0.29) is 23.1 Å². The molecule has 0 spiro atoms. The first kappa shape index (κ1) is 18.9. The highest BCUT2D eigenvalue weighted by Crippen LogP contribution is 2.24. The van der Waals surface area contributed by atoms with Crippen LogP contribution in [0.4, 0.5) is 10.1 Å². The van der Waals surface area contributed by atoms with Crippen LogP contribution >= 0.6 is 0 Å². The zero-order valence-electron chi connectivity index (χ0n) is 14.8. The van der Waals surface area contributed by atoms with E-state index in [0.29, 0.717) is 26.1 Å². The molecule has 136 valence electrons. The van der Waals surface area contributed by atoms with Gasteiger partial charge in [-0.3, -0.25) is 14.4 Å². The second-order valence-electron chi connectivity index (χ2n) is 6.04. The average Bonchev–Trinajstić information content (AvgIpc) is 3.06. The number of carbonyl (C=O) groups excluding carboxylic acids is 3. The number of likely N-dealkylation sites (tertiary alicyclic amines) is 1. The molecule has 0 radical (unpaired) electrons. The van der Waals surface area contributed by atoms with Crippen molar-refractivity contribution >= 4 is 23.4 Å². The standard InChI is InChI=1S/C18H24FN3O3/c1-4-21(5-2)18(25)16-7-6-10-22(16)17(24)13-8-9-14(19)15(11-13)20-12(3)23/h8-9,11,16H,4-7,10H2,1-3H3,(H,20,23)/t16-/m1/s1. The molecule has 0 aliphatic carbocycles. The van der Waals surface area contributed by atoms with Gasteiger partial charge < -0.3 is 15.1 Å². The summed E-state index contributed by atoms with van der Waals surface area (Å²) in [4.78, 5) is 39.9. The summed E-state index contributed by atoms with van der Waals surface area (Å²) in [6, 6.07) is 3.36. The Morgan fingerprint density at radius 1 is 1.28 bits per heavy atom. The van der Waals surface area contributed by atoms with E-state index in [1.807, 2.05) is 13.8 Å². The zero-order valence-corrected chi connectivity index (χ0v) is 14.8. The van der Waals surface area contributed by atoms with Crippen LogP contribution in [0.15, 0.2) is 18.2 Å². The molecule has 1 N–H and O–H groups in total. The van der Waals surface area contributed by atoms with Gasteiger partial charge in [0.15, 0.2) is 0 Å². The predicted molar refractivity (Wildman–Crippen MR) is 92.7 cm³/mol. The number of rotatable bonds is 5. The van der Waals surface area contributed by atoms with Gasteiger partial charge in [-0.05, 0) is 44.9 Å². The van der Waals surface area contributed by atoms with Crippen molar-refractivity contribution in [1.82, 2.24) is 9.80 Å². The van der Waals surface area contributed by atoms with Crippen molar-refractivity contribution in [2.24, 2.45) is 0 Å². The van der Waals surface area contributed by atoms with E-state index in [4.69, 9.17) is 0 Å². The van der Waals surface area contributed by atoms with Crippen molar-refractivity contribution in [2.75, 3.05) is 25.0 Å². The molecule has 6 nitrogen and oxygen atoms in total. The molecule has 1 atom stereocenters. The van der Waals surface area contributed by atoms with Gasteiger partial charge >= 0.3 is 0 Å². The predicted octanol–water partition coefficient (Wildman–Crippen LogP) is 2.26. The third-order valence-corrected chi connectivity index (χ3v) is 4.40. The minimum Gasteiger partial charge on any atom is -0.341 e. The normalized spacial score (nSPS) is 16.6. The smallest absolute Gasteiger partial charge is 0.254 e. The van der Waals surface area contributed by atoms with Crippen molar-refractivity contribution in [3.8, 4) is 0 Å². The number of benzene rings is 1. The molecule has 2 rings (SSSR count). The van der Waals surface area contributed by atoms with Gasteiger partial charge in [-0.25, -0.2) is 4.39 Å². The van der Waals surface area contributed by atoms with Crippen LogP contribution in [0, 0.1) is 5.82 Å². The van der Waals surface area contributed by atoms with Crippen LogP contribution in [-0.4, -0.2) is 53.2 Å². The second kappa shape index (κ2) is 8.09. The molecule has 1 heterocycles. The van der Waals surface area contributed by atoms with Crippen molar-refractivity contribution in [1.29, 1.82) is 0 Å². The number of carbonyl (C=O) groups is 3. The van der Waals surface area contributed by atoms with Gasteiger partial charge in [-0.1, -0.05) is 0 Å². The van der Waals surface area contributed by atoms with E-state index >= 15 is 0 Å². The first-order chi connectivity index (χ1) is 11.9. The third kappa shape index (κ3) is 4.15. The van der Waals surface area contributed by atoms with Crippen LogP contribution in [0.5, 0.6) is 0 Å². The number of anilines is 1. The van der Waals surface area contributed by atoms with Gasteiger partial charge in [-0.15, -0.1) is 0 Å². The fraction of sp³-hybridized carbons (Fsp3) is 0.500. The van der Waals surface area contributed by atoms with Crippen LogP contribution in [0.3, 0.4) is 0 Å². The van der Waals surface area contributed by atoms with Gasteiger partial charge in [0.1, 0.15) is 11.9 Å². The molecule has 1 aromatic rings. The molecule has 0 aromatic heterocycles. The number of amides is 3. The van der Waals surface area contributed by atoms with Crippen LogP contribution < -0.4 is 5.32 Å². The number of halogens is 1. The summed E-state index contributed by atoms with van der Waals surface area (Å²) in [5.74, 6) is -1.40. The molecule has 1 aliphatic heterocycles. The Morgan fingerprint density at radius 2 is 1.96 bits per heavy atom. The fourth-order valence-electron chi connectivity index (χ4n) is 3.12. The summed E-state index contributed by atoms with van der Waals surface area (Å²) in [5, 5.41) is 2.37. The largest absolute Gasteiger partial charge is 0.341 e. The number of nitrogens with one attached hydrogen (secondary N) is 1. The Hall–Kier alpha value is -2.44. The highest BCUT2D eigenvalue weighted by atomic mass is 19.1. The summed E-state index contributed by atoms with van der Waals surface area (Å²) in [7, 11) is 0. The summed E-state index contributed by atoms with van der Waals surface area (Å²) in [5.41, 5.74) is 0.216. The monoisotopic (exact) mass is 349 g/mol. The lowest BCUT2D eigenvalue weighted by atomic mass is 10.1. The third-order valence-electron chi connectivity index (χ3n) is 4.40. The first-order valence-corrected chi connectivity index (χ1v) is 8.55. The first-order valence-electron chi connectivity index (χ1n) is 8.55. The van der Waals surface area contributed by atoms with Gasteiger partial charge in [0, 0.05) is 32.1 Å². The number of hydrogen-bond donors (Lipinski definition) is 1. The Balaban J connectivity index is 2.24. The molecule has 1 fully saturated rings. The van der Waals surface area contributed by atoms with Crippen molar-refractivity contribution < 1.29 is 18.8 Å². The van der Waals surface area contributed by atoms with E-state index < -0.39 is 17.8 Å². The summed E-state index contributed by atoms with van der Waals surface area (Å²) < 4.78 is 13.8.